The average Bonchev–Trinajstić information content (AvgIpc) is 3.23. The summed E-state index contributed by atoms with van der Waals surface area (Å²) in [5, 5.41) is 1.19. The number of thiophene rings is 1. The maximum absolute atomic E-state index is 11.6. The maximum atomic E-state index is 11.6. The summed E-state index contributed by atoms with van der Waals surface area (Å²) in [5.41, 5.74) is 13.5. The Hall–Kier alpha value is -1.27. The van der Waals surface area contributed by atoms with E-state index in [4.69, 9.17) is 11.5 Å². The van der Waals surface area contributed by atoms with E-state index in [9.17, 15) is 4.79 Å². The molecule has 4 N–H and O–H groups in total. The highest BCUT2D eigenvalue weighted by molar-refractivity contribution is 7.18. The van der Waals surface area contributed by atoms with Gasteiger partial charge in [-0.25, -0.2) is 0 Å². The van der Waals surface area contributed by atoms with Gasteiger partial charge in [-0.2, -0.15) is 0 Å². The number of nitrogens with two attached hydrogens (primary N) is 2. The quantitative estimate of drug-likeness (QED) is 0.870. The normalized spacial score (nSPS) is 20.0. The van der Waals surface area contributed by atoms with Gasteiger partial charge in [0.05, 0.1) is 10.7 Å². The van der Waals surface area contributed by atoms with Gasteiger partial charge in [-0.1, -0.05) is 6.92 Å². The maximum Gasteiger partial charge on any atom is 0.260 e. The van der Waals surface area contributed by atoms with Crippen molar-refractivity contribution >= 4 is 27.9 Å². The first kappa shape index (κ1) is 14.7. The Bertz CT molecular complexity index is 530. The van der Waals surface area contributed by atoms with Crippen molar-refractivity contribution in [2.75, 3.05) is 43.4 Å². The van der Waals surface area contributed by atoms with Crippen LogP contribution >= 0.6 is 11.3 Å². The Morgan fingerprint density at radius 2 is 1.95 bits per heavy atom. The zero-order valence-corrected chi connectivity index (χ0v) is 13.4. The third-order valence-corrected chi connectivity index (χ3v) is 5.67. The number of carbonyl (C=O) groups excluding carboxylic acids is 1. The van der Waals surface area contributed by atoms with E-state index in [0.717, 1.165) is 26.2 Å². The highest BCUT2D eigenvalue weighted by Gasteiger charge is 2.34. The van der Waals surface area contributed by atoms with E-state index in [-0.39, 0.29) is 0 Å². The molecule has 116 valence electrons. The summed E-state index contributed by atoms with van der Waals surface area (Å²) in [4.78, 5) is 17.0. The second-order valence-corrected chi connectivity index (χ2v) is 7.03. The van der Waals surface area contributed by atoms with Crippen LogP contribution in [0.25, 0.3) is 0 Å². The van der Waals surface area contributed by atoms with Crippen LogP contribution in [0.3, 0.4) is 0 Å². The van der Waals surface area contributed by atoms with Crippen molar-refractivity contribution in [1.29, 1.82) is 0 Å². The number of nitrogen functional groups attached to an aromatic ring is 1. The van der Waals surface area contributed by atoms with E-state index in [0.29, 0.717) is 16.5 Å². The monoisotopic (exact) mass is 308 g/mol. The molecule has 0 spiro atoms. The van der Waals surface area contributed by atoms with E-state index in [2.05, 4.69) is 16.7 Å². The Balaban J connectivity index is 1.82. The molecule has 1 amide bonds. The lowest BCUT2D eigenvalue weighted by Gasteiger charge is -2.35. The van der Waals surface area contributed by atoms with Crippen LogP contribution in [-0.2, 0) is 0 Å². The van der Waals surface area contributed by atoms with Crippen LogP contribution in [0.5, 0.6) is 0 Å². The molecule has 2 fully saturated rings. The fourth-order valence-corrected chi connectivity index (χ4v) is 4.33. The fourth-order valence-electron chi connectivity index (χ4n) is 3.12. The molecule has 0 atom stereocenters. The number of nitrogens with zero attached hydrogens (tertiary/aromatic N) is 2. The van der Waals surface area contributed by atoms with E-state index in [1.807, 2.05) is 0 Å². The fraction of sp³-hybridized carbons (Fsp3) is 0.667. The minimum atomic E-state index is -0.393. The van der Waals surface area contributed by atoms with E-state index >= 15 is 0 Å². The Labute approximate surface area is 129 Å². The molecule has 5 nitrogen and oxygen atoms in total. The van der Waals surface area contributed by atoms with E-state index < -0.39 is 5.91 Å². The van der Waals surface area contributed by atoms with Crippen molar-refractivity contribution in [3.05, 3.63) is 10.4 Å². The predicted molar refractivity (Wildman–Crippen MR) is 88.2 cm³/mol. The second kappa shape index (κ2) is 5.85. The van der Waals surface area contributed by atoms with Gasteiger partial charge in [0, 0.05) is 31.7 Å². The molecular weight excluding hydrogens is 284 g/mol. The minimum Gasteiger partial charge on any atom is -0.397 e. The molecule has 1 saturated carbocycles. The van der Waals surface area contributed by atoms with Crippen LogP contribution in [0.15, 0.2) is 0 Å². The van der Waals surface area contributed by atoms with Gasteiger partial charge in [0.25, 0.3) is 5.91 Å². The van der Waals surface area contributed by atoms with Crippen molar-refractivity contribution in [2.45, 2.75) is 32.1 Å². The molecule has 0 unspecified atom stereocenters. The first-order valence-corrected chi connectivity index (χ1v) is 8.62. The SMILES string of the molecule is CCCN1CCN(c2sc(C(N)=O)c(N)c2C2CC2)CC1. The molecule has 0 aromatic carbocycles. The van der Waals surface area contributed by atoms with Crippen molar-refractivity contribution in [3.8, 4) is 0 Å². The number of hydrogen-bond acceptors (Lipinski definition) is 5. The van der Waals surface area contributed by atoms with Crippen LogP contribution in [0.1, 0.15) is 47.3 Å². The van der Waals surface area contributed by atoms with Crippen LogP contribution < -0.4 is 16.4 Å². The highest BCUT2D eigenvalue weighted by Crippen LogP contribution is 2.52. The van der Waals surface area contributed by atoms with Crippen molar-refractivity contribution < 1.29 is 4.79 Å². The molecule has 0 radical (unpaired) electrons. The zero-order valence-electron chi connectivity index (χ0n) is 12.6. The van der Waals surface area contributed by atoms with E-state index in [1.165, 1.54) is 47.7 Å². The lowest BCUT2D eigenvalue weighted by molar-refractivity contribution is 0.100. The zero-order chi connectivity index (χ0) is 15.0. The molecule has 3 rings (SSSR count). The molecule has 6 heteroatoms. The summed E-state index contributed by atoms with van der Waals surface area (Å²) in [6.45, 7) is 7.58. The Morgan fingerprint density at radius 3 is 2.48 bits per heavy atom. The highest BCUT2D eigenvalue weighted by atomic mass is 32.1. The Morgan fingerprint density at radius 1 is 1.29 bits per heavy atom. The van der Waals surface area contributed by atoms with Crippen LogP contribution in [0.4, 0.5) is 10.7 Å². The summed E-state index contributed by atoms with van der Waals surface area (Å²) in [6, 6.07) is 0. The average molecular weight is 308 g/mol. The molecule has 1 aliphatic carbocycles. The number of anilines is 2. The first-order chi connectivity index (χ1) is 10.1. The topological polar surface area (TPSA) is 75.6 Å². The molecular formula is C15H24N4OS. The minimum absolute atomic E-state index is 0.393. The second-order valence-electron chi connectivity index (χ2n) is 6.03. The van der Waals surface area contributed by atoms with Gasteiger partial charge >= 0.3 is 0 Å². The van der Waals surface area contributed by atoms with Gasteiger partial charge in [-0.15, -0.1) is 11.3 Å². The van der Waals surface area contributed by atoms with Gasteiger partial charge in [-0.05, 0) is 31.7 Å². The smallest absolute Gasteiger partial charge is 0.260 e. The number of hydrogen-bond donors (Lipinski definition) is 2. The Kier molecular flexibility index (Phi) is 4.08. The number of primary amides is 1. The van der Waals surface area contributed by atoms with Gasteiger partial charge in [0.1, 0.15) is 4.88 Å². The predicted octanol–water partition coefficient (Wildman–Crippen LogP) is 1.84. The summed E-state index contributed by atoms with van der Waals surface area (Å²) in [7, 11) is 0. The standard InChI is InChI=1S/C15H24N4OS/c1-2-5-18-6-8-19(9-7-18)15-11(10-3-4-10)12(16)13(21-15)14(17)20/h10H,2-9,16H2,1H3,(H2,17,20). The summed E-state index contributed by atoms with van der Waals surface area (Å²) >= 11 is 1.49. The summed E-state index contributed by atoms with van der Waals surface area (Å²) in [6.07, 6.45) is 3.56. The molecule has 21 heavy (non-hydrogen) atoms. The molecule has 2 aliphatic rings. The molecule has 0 bridgehead atoms. The van der Waals surface area contributed by atoms with Gasteiger partial charge in [0.2, 0.25) is 0 Å². The summed E-state index contributed by atoms with van der Waals surface area (Å²) in [5.74, 6) is 0.147. The van der Waals surface area contributed by atoms with Crippen LogP contribution in [0, 0.1) is 0 Å². The molecule has 1 aromatic rings. The van der Waals surface area contributed by atoms with Gasteiger partial charge in [-0.3, -0.25) is 9.69 Å². The number of amides is 1. The van der Waals surface area contributed by atoms with Crippen molar-refractivity contribution in [3.63, 3.8) is 0 Å². The molecule has 1 saturated heterocycles. The van der Waals surface area contributed by atoms with Gasteiger partial charge < -0.3 is 16.4 Å². The van der Waals surface area contributed by atoms with Crippen molar-refractivity contribution in [2.24, 2.45) is 5.73 Å². The molecule has 1 aromatic heterocycles. The van der Waals surface area contributed by atoms with Crippen LogP contribution in [-0.4, -0.2) is 43.5 Å². The van der Waals surface area contributed by atoms with E-state index in [1.54, 1.807) is 0 Å². The number of carbonyl (C=O) groups is 1. The lowest BCUT2D eigenvalue weighted by atomic mass is 10.1. The largest absolute Gasteiger partial charge is 0.397 e. The number of rotatable bonds is 5. The third-order valence-electron chi connectivity index (χ3n) is 4.37. The lowest BCUT2D eigenvalue weighted by Crippen LogP contribution is -2.46. The third kappa shape index (κ3) is 2.87. The molecule has 2 heterocycles. The molecule has 1 aliphatic heterocycles. The summed E-state index contributed by atoms with van der Waals surface area (Å²) < 4.78 is 0. The number of piperazine rings is 1. The van der Waals surface area contributed by atoms with Crippen LogP contribution in [0.2, 0.25) is 0 Å². The van der Waals surface area contributed by atoms with Gasteiger partial charge in [0.15, 0.2) is 0 Å². The van der Waals surface area contributed by atoms with Crippen molar-refractivity contribution in [1.82, 2.24) is 4.90 Å². The first-order valence-electron chi connectivity index (χ1n) is 7.81.